The van der Waals surface area contributed by atoms with E-state index in [4.69, 9.17) is 0 Å². The van der Waals surface area contributed by atoms with E-state index in [-0.39, 0.29) is 31.8 Å². The van der Waals surface area contributed by atoms with E-state index < -0.39 is 127 Å². The Kier molecular flexibility index (Phi) is 20.5. The summed E-state index contributed by atoms with van der Waals surface area (Å²) in [5, 5.41) is 29.1. The molecule has 2 saturated heterocycles. The normalized spacial score (nSPS) is 26.0. The predicted octanol–water partition coefficient (Wildman–Crippen LogP) is -0.503. The highest BCUT2D eigenvalue weighted by Gasteiger charge is 2.41. The Morgan fingerprint density at radius 1 is 0.769 bits per heavy atom. The average molecular weight is 928 g/mol. The minimum Gasteiger partial charge on any atom is -0.394 e. The van der Waals surface area contributed by atoms with Gasteiger partial charge in [-0.05, 0) is 68.4 Å². The maximum Gasteiger partial charge on any atom is 0.246 e. The fourth-order valence-electron chi connectivity index (χ4n) is 8.48. The Hall–Kier alpha value is -5.24. The quantitative estimate of drug-likeness (QED) is 0.140. The summed E-state index contributed by atoms with van der Waals surface area (Å²) in [6.07, 6.45) is 7.00. The zero-order chi connectivity index (χ0) is 47.8. The first-order chi connectivity index (χ1) is 30.9. The number of rotatable bonds is 11. The average Bonchev–Trinajstić information content (AvgIpc) is 3.77. The van der Waals surface area contributed by atoms with Crippen LogP contribution in [0.1, 0.15) is 91.5 Å². The number of hydrogen-bond acceptors (Lipinski definition) is 11. The van der Waals surface area contributed by atoms with Gasteiger partial charge in [-0.25, -0.2) is 0 Å². The van der Waals surface area contributed by atoms with Crippen molar-refractivity contribution in [1.82, 2.24) is 47.0 Å². The van der Waals surface area contributed by atoms with Crippen LogP contribution in [0, 0.1) is 11.8 Å². The maximum atomic E-state index is 14.4. The van der Waals surface area contributed by atoms with E-state index in [0.29, 0.717) is 17.7 Å². The van der Waals surface area contributed by atoms with Crippen molar-refractivity contribution in [3.8, 4) is 0 Å². The van der Waals surface area contributed by atoms with E-state index >= 15 is 0 Å². The number of aliphatic hydroxyl groups is 1. The van der Waals surface area contributed by atoms with Gasteiger partial charge in [0, 0.05) is 19.0 Å². The molecule has 20 heteroatoms. The van der Waals surface area contributed by atoms with Crippen LogP contribution < -0.4 is 37.2 Å². The predicted molar refractivity (Wildman–Crippen MR) is 243 cm³/mol. The second-order valence-corrected chi connectivity index (χ2v) is 18.8. The standard InChI is InChI=1S/C45H69N9O10S/c1-26(2)37-42(61)50-32(22-29-14-9-7-10-15-29)45(64)53-20-13-18-34(53)41(60)51-33(25-55)40(59)49-31(19-21-65-6)39(58)47-28(5)44(63)54(24-36(57)46-23-35(56)52-37)38(27(3)4)43(62)48-30-16-11-8-12-17-30/h7,9-10,14-15,26-28,30-34,37-38,55H,8,11-13,16-25H2,1-6H3,(H,46,57)(H,47,58)(H,48,62)(H,49,59)(H,50,61)(H,51,60)(H,52,56)/t28-,31-,32-,33-,34-,37-,38?/m0/s1. The van der Waals surface area contributed by atoms with Gasteiger partial charge in [-0.15, -0.1) is 0 Å². The number of nitrogens with one attached hydrogen (secondary N) is 7. The van der Waals surface area contributed by atoms with E-state index in [0.717, 1.165) is 37.0 Å². The van der Waals surface area contributed by atoms with Crippen LogP contribution >= 0.6 is 11.8 Å². The molecule has 1 saturated carbocycles. The van der Waals surface area contributed by atoms with Gasteiger partial charge < -0.3 is 52.1 Å². The molecule has 2 heterocycles. The second kappa shape index (κ2) is 25.5. The number of amides is 9. The summed E-state index contributed by atoms with van der Waals surface area (Å²) in [5.74, 6) is -7.04. The number of thioether (sulfide) groups is 1. The largest absolute Gasteiger partial charge is 0.394 e. The minimum absolute atomic E-state index is 0.0378. The Morgan fingerprint density at radius 2 is 1.42 bits per heavy atom. The molecule has 360 valence electrons. The van der Waals surface area contributed by atoms with Crippen LogP contribution in [-0.2, 0) is 49.6 Å². The summed E-state index contributed by atoms with van der Waals surface area (Å²) >= 11 is 1.39. The van der Waals surface area contributed by atoms with Crippen molar-refractivity contribution in [2.24, 2.45) is 11.8 Å². The third kappa shape index (κ3) is 15.2. The lowest BCUT2D eigenvalue weighted by atomic mass is 9.94. The molecule has 3 fully saturated rings. The third-order valence-electron chi connectivity index (χ3n) is 12.0. The molecule has 1 aromatic carbocycles. The Bertz CT molecular complexity index is 1850. The Morgan fingerprint density at radius 3 is 2.05 bits per heavy atom. The molecule has 0 bridgehead atoms. The molecule has 4 rings (SSSR count). The van der Waals surface area contributed by atoms with Crippen molar-refractivity contribution in [2.75, 3.05) is 38.2 Å². The van der Waals surface area contributed by atoms with E-state index in [2.05, 4.69) is 37.2 Å². The van der Waals surface area contributed by atoms with Crippen molar-refractivity contribution in [1.29, 1.82) is 0 Å². The van der Waals surface area contributed by atoms with Crippen molar-refractivity contribution < 1.29 is 48.3 Å². The number of carbonyl (C=O) groups excluding carboxylic acids is 9. The van der Waals surface area contributed by atoms with Crippen LogP contribution in [0.2, 0.25) is 0 Å². The topological polar surface area (TPSA) is 265 Å². The highest BCUT2D eigenvalue weighted by atomic mass is 32.2. The van der Waals surface area contributed by atoms with Gasteiger partial charge in [0.05, 0.1) is 13.2 Å². The number of carbonyl (C=O) groups is 9. The minimum atomic E-state index is -1.53. The van der Waals surface area contributed by atoms with Crippen LogP contribution in [-0.4, -0.2) is 155 Å². The summed E-state index contributed by atoms with van der Waals surface area (Å²) in [5.41, 5.74) is 0.706. The fraction of sp³-hybridized carbons (Fsp3) is 0.667. The van der Waals surface area contributed by atoms with Crippen molar-refractivity contribution in [3.05, 3.63) is 35.9 Å². The first-order valence-corrected chi connectivity index (χ1v) is 24.2. The lowest BCUT2D eigenvalue weighted by molar-refractivity contribution is -0.147. The number of fused-ring (bicyclic) bond motifs is 1. The zero-order valence-electron chi connectivity index (χ0n) is 38.5. The molecular weight excluding hydrogens is 859 g/mol. The van der Waals surface area contributed by atoms with Crippen molar-refractivity contribution >= 4 is 64.9 Å². The molecule has 0 aromatic heterocycles. The summed E-state index contributed by atoms with van der Waals surface area (Å²) in [4.78, 5) is 128. The number of benzene rings is 1. The van der Waals surface area contributed by atoms with E-state index in [1.165, 1.54) is 23.6 Å². The summed E-state index contributed by atoms with van der Waals surface area (Å²) in [7, 11) is 0. The molecule has 2 aliphatic heterocycles. The molecule has 9 amide bonds. The first-order valence-electron chi connectivity index (χ1n) is 22.8. The van der Waals surface area contributed by atoms with E-state index in [1.54, 1.807) is 64.3 Å². The zero-order valence-corrected chi connectivity index (χ0v) is 39.3. The number of hydrogen-bond donors (Lipinski definition) is 8. The number of nitrogens with zero attached hydrogens (tertiary/aromatic N) is 2. The van der Waals surface area contributed by atoms with Gasteiger partial charge in [-0.1, -0.05) is 77.3 Å². The van der Waals surface area contributed by atoms with Crippen LogP contribution in [0.25, 0.3) is 0 Å². The molecular formula is C45H69N9O10S. The highest BCUT2D eigenvalue weighted by Crippen LogP contribution is 2.22. The second-order valence-electron chi connectivity index (χ2n) is 17.8. The van der Waals surface area contributed by atoms with E-state index in [9.17, 15) is 48.3 Å². The molecule has 1 unspecified atom stereocenters. The van der Waals surface area contributed by atoms with Gasteiger partial charge in [0.2, 0.25) is 53.2 Å². The molecule has 19 nitrogen and oxygen atoms in total. The lowest BCUT2D eigenvalue weighted by Crippen LogP contribution is -2.62. The van der Waals surface area contributed by atoms with Crippen LogP contribution in [0.3, 0.4) is 0 Å². The van der Waals surface area contributed by atoms with Gasteiger partial charge >= 0.3 is 0 Å². The monoisotopic (exact) mass is 927 g/mol. The van der Waals surface area contributed by atoms with Gasteiger partial charge in [-0.2, -0.15) is 11.8 Å². The molecule has 65 heavy (non-hydrogen) atoms. The van der Waals surface area contributed by atoms with E-state index in [1.807, 2.05) is 0 Å². The maximum absolute atomic E-state index is 14.4. The molecule has 1 aliphatic carbocycles. The van der Waals surface area contributed by atoms with Gasteiger partial charge in [0.15, 0.2) is 0 Å². The summed E-state index contributed by atoms with van der Waals surface area (Å²) in [6, 6.07) is 0.0924. The highest BCUT2D eigenvalue weighted by molar-refractivity contribution is 7.98. The first kappa shape index (κ1) is 52.4. The van der Waals surface area contributed by atoms with Gasteiger partial charge in [-0.3, -0.25) is 43.2 Å². The van der Waals surface area contributed by atoms with Gasteiger partial charge in [0.25, 0.3) is 0 Å². The SMILES string of the molecule is CSCC[C@@H]1NC(=O)[C@H](CO)NC(=O)[C@@H]2CCCN2C(=O)[C@H](Cc2ccccc2)NC(=O)[C@H](C(C)C)NC(=O)CNC(=O)CN(C(C(=O)NC2CCCCC2)C(C)C)C(=O)[C@H](C)NC1=O. The smallest absolute Gasteiger partial charge is 0.246 e. The van der Waals surface area contributed by atoms with Crippen LogP contribution in [0.15, 0.2) is 30.3 Å². The molecule has 7 atom stereocenters. The fourth-order valence-corrected chi connectivity index (χ4v) is 8.95. The number of aliphatic hydroxyl groups excluding tert-OH is 1. The van der Waals surface area contributed by atoms with Crippen molar-refractivity contribution in [2.45, 2.75) is 141 Å². The van der Waals surface area contributed by atoms with Gasteiger partial charge in [0.1, 0.15) is 48.8 Å². The summed E-state index contributed by atoms with van der Waals surface area (Å²) < 4.78 is 0. The Labute approximate surface area is 385 Å². The molecule has 0 radical (unpaired) electrons. The lowest BCUT2D eigenvalue weighted by Gasteiger charge is -2.36. The molecule has 3 aliphatic rings. The molecule has 0 spiro atoms. The molecule has 8 N–H and O–H groups in total. The summed E-state index contributed by atoms with van der Waals surface area (Å²) in [6.45, 7) is 6.26. The third-order valence-corrected chi connectivity index (χ3v) is 12.7. The Balaban J connectivity index is 1.72. The van der Waals surface area contributed by atoms with Crippen molar-refractivity contribution in [3.63, 3.8) is 0 Å². The van der Waals surface area contributed by atoms with Crippen LogP contribution in [0.4, 0.5) is 0 Å². The van der Waals surface area contributed by atoms with Crippen LogP contribution in [0.5, 0.6) is 0 Å². The molecule has 1 aromatic rings.